The lowest BCUT2D eigenvalue weighted by Gasteiger charge is -2.09. The summed E-state index contributed by atoms with van der Waals surface area (Å²) in [5.41, 5.74) is 0.0300. The molecule has 0 bridgehead atoms. The molecule has 1 aromatic carbocycles. The van der Waals surface area contributed by atoms with Crippen LogP contribution < -0.4 is 10.1 Å². The van der Waals surface area contributed by atoms with Gasteiger partial charge in [-0.25, -0.2) is 4.98 Å². The van der Waals surface area contributed by atoms with Gasteiger partial charge in [-0.15, -0.1) is 0 Å². The van der Waals surface area contributed by atoms with Crippen molar-refractivity contribution in [2.45, 2.75) is 25.9 Å². The maximum Gasteiger partial charge on any atom is 0.417 e. The van der Waals surface area contributed by atoms with E-state index >= 15 is 0 Å². The first-order valence-electron chi connectivity index (χ1n) is 7.48. The molecule has 0 fully saturated rings. The Morgan fingerprint density at radius 1 is 1.28 bits per heavy atom. The van der Waals surface area contributed by atoms with Crippen LogP contribution in [0.15, 0.2) is 36.5 Å². The van der Waals surface area contributed by atoms with Gasteiger partial charge in [-0.05, 0) is 49.2 Å². The number of carbonyl (C=O) groups excluding carboxylic acids is 1. The summed E-state index contributed by atoms with van der Waals surface area (Å²) in [6.45, 7) is 2.19. The molecular weight excluding hydrogens is 357 g/mol. The number of hydrogen-bond donors (Lipinski definition) is 1. The van der Waals surface area contributed by atoms with Gasteiger partial charge in [0, 0.05) is 17.6 Å². The number of aromatic nitrogens is 1. The van der Waals surface area contributed by atoms with Gasteiger partial charge in [0.2, 0.25) is 5.91 Å². The summed E-state index contributed by atoms with van der Waals surface area (Å²) in [6.07, 6.45) is -3.15. The summed E-state index contributed by atoms with van der Waals surface area (Å²) in [5.74, 6) is 0.391. The molecule has 134 valence electrons. The summed E-state index contributed by atoms with van der Waals surface area (Å²) in [4.78, 5) is 15.3. The van der Waals surface area contributed by atoms with E-state index in [4.69, 9.17) is 16.3 Å². The molecule has 0 unspecified atom stereocenters. The number of anilines is 1. The molecule has 2 rings (SSSR count). The third-order valence-corrected chi connectivity index (χ3v) is 3.73. The Balaban J connectivity index is 1.74. The fraction of sp³-hybridized carbons (Fsp3) is 0.294. The molecule has 0 aliphatic rings. The molecule has 1 aromatic heterocycles. The number of pyridine rings is 1. The second-order valence-electron chi connectivity index (χ2n) is 5.34. The van der Waals surface area contributed by atoms with Gasteiger partial charge in [-0.2, -0.15) is 13.2 Å². The normalized spacial score (nSPS) is 11.2. The Morgan fingerprint density at radius 3 is 2.64 bits per heavy atom. The van der Waals surface area contributed by atoms with Gasteiger partial charge in [-0.3, -0.25) is 4.79 Å². The number of rotatable bonds is 6. The summed E-state index contributed by atoms with van der Waals surface area (Å²) in [7, 11) is 0. The number of halogens is 4. The molecule has 25 heavy (non-hydrogen) atoms. The van der Waals surface area contributed by atoms with Crippen molar-refractivity contribution in [1.29, 1.82) is 0 Å². The van der Waals surface area contributed by atoms with Crippen LogP contribution in [0.3, 0.4) is 0 Å². The number of alkyl halides is 3. The fourth-order valence-corrected chi connectivity index (χ4v) is 2.09. The van der Waals surface area contributed by atoms with E-state index in [0.29, 0.717) is 30.0 Å². The summed E-state index contributed by atoms with van der Waals surface area (Å²) < 4.78 is 42.8. The van der Waals surface area contributed by atoms with Gasteiger partial charge in [0.15, 0.2) is 0 Å². The number of benzene rings is 1. The summed E-state index contributed by atoms with van der Waals surface area (Å²) in [5, 5.41) is 3.09. The van der Waals surface area contributed by atoms with Gasteiger partial charge in [0.1, 0.15) is 11.6 Å². The quantitative estimate of drug-likeness (QED) is 0.737. The van der Waals surface area contributed by atoms with Crippen molar-refractivity contribution in [3.8, 4) is 5.75 Å². The van der Waals surface area contributed by atoms with Crippen LogP contribution >= 0.6 is 11.6 Å². The predicted molar refractivity (Wildman–Crippen MR) is 88.8 cm³/mol. The van der Waals surface area contributed by atoms with Gasteiger partial charge in [-0.1, -0.05) is 11.6 Å². The maximum absolute atomic E-state index is 12.4. The molecule has 0 aliphatic carbocycles. The topological polar surface area (TPSA) is 51.2 Å². The average molecular weight is 373 g/mol. The van der Waals surface area contributed by atoms with Crippen molar-refractivity contribution in [3.63, 3.8) is 0 Å². The van der Waals surface area contributed by atoms with Gasteiger partial charge in [0.25, 0.3) is 0 Å². The number of nitrogens with zero attached hydrogens (tertiary/aromatic N) is 1. The molecule has 0 radical (unpaired) electrons. The molecule has 0 saturated heterocycles. The van der Waals surface area contributed by atoms with Crippen LogP contribution in [0.4, 0.5) is 19.0 Å². The van der Waals surface area contributed by atoms with Crippen LogP contribution in [-0.2, 0) is 11.0 Å². The Morgan fingerprint density at radius 2 is 2.04 bits per heavy atom. The Hall–Kier alpha value is -2.28. The Labute approximate surface area is 148 Å². The molecule has 8 heteroatoms. The molecule has 0 aliphatic heterocycles. The van der Waals surface area contributed by atoms with E-state index in [1.165, 1.54) is 0 Å². The van der Waals surface area contributed by atoms with Crippen LogP contribution in [0.5, 0.6) is 5.75 Å². The smallest absolute Gasteiger partial charge is 0.417 e. The molecule has 1 heterocycles. The SMILES string of the molecule is Cc1cc(OCCCC(=O)Nc2ccc(C(F)(F)F)cn2)ccc1Cl. The zero-order chi connectivity index (χ0) is 18.4. The van der Waals surface area contributed by atoms with Crippen molar-refractivity contribution in [1.82, 2.24) is 4.98 Å². The maximum atomic E-state index is 12.4. The molecular formula is C17H16ClF3N2O2. The van der Waals surface area contributed by atoms with E-state index in [-0.39, 0.29) is 18.1 Å². The number of hydrogen-bond acceptors (Lipinski definition) is 3. The second kappa shape index (κ2) is 8.20. The zero-order valence-electron chi connectivity index (χ0n) is 13.4. The van der Waals surface area contributed by atoms with Gasteiger partial charge in [0.05, 0.1) is 12.2 Å². The number of amides is 1. The van der Waals surface area contributed by atoms with Crippen molar-refractivity contribution < 1.29 is 22.7 Å². The summed E-state index contributed by atoms with van der Waals surface area (Å²) in [6, 6.07) is 7.26. The predicted octanol–water partition coefficient (Wildman–Crippen LogP) is 4.86. The first kappa shape index (κ1) is 19.1. The number of ether oxygens (including phenoxy) is 1. The summed E-state index contributed by atoms with van der Waals surface area (Å²) >= 11 is 5.92. The minimum absolute atomic E-state index is 0.0762. The molecule has 1 amide bonds. The first-order valence-corrected chi connectivity index (χ1v) is 7.85. The molecule has 0 saturated carbocycles. The van der Waals surface area contributed by atoms with E-state index in [1.54, 1.807) is 18.2 Å². The van der Waals surface area contributed by atoms with Crippen molar-refractivity contribution >= 4 is 23.3 Å². The lowest BCUT2D eigenvalue weighted by Crippen LogP contribution is -2.14. The number of carbonyl (C=O) groups is 1. The molecule has 4 nitrogen and oxygen atoms in total. The van der Waals surface area contributed by atoms with Gasteiger partial charge >= 0.3 is 6.18 Å². The largest absolute Gasteiger partial charge is 0.494 e. The van der Waals surface area contributed by atoms with Crippen LogP contribution in [0, 0.1) is 6.92 Å². The van der Waals surface area contributed by atoms with E-state index in [0.717, 1.165) is 17.7 Å². The molecule has 1 N–H and O–H groups in total. The average Bonchev–Trinajstić information content (AvgIpc) is 2.54. The third kappa shape index (κ3) is 5.94. The minimum atomic E-state index is -4.45. The van der Waals surface area contributed by atoms with E-state index < -0.39 is 11.7 Å². The van der Waals surface area contributed by atoms with Crippen molar-refractivity contribution in [3.05, 3.63) is 52.7 Å². The highest BCUT2D eigenvalue weighted by Gasteiger charge is 2.30. The lowest BCUT2D eigenvalue weighted by atomic mass is 10.2. The van der Waals surface area contributed by atoms with Crippen molar-refractivity contribution in [2.75, 3.05) is 11.9 Å². The second-order valence-corrected chi connectivity index (χ2v) is 5.75. The highest BCUT2D eigenvalue weighted by Crippen LogP contribution is 2.28. The Bertz CT molecular complexity index is 734. The van der Waals surface area contributed by atoms with Crippen LogP contribution in [-0.4, -0.2) is 17.5 Å². The molecule has 0 spiro atoms. The fourth-order valence-electron chi connectivity index (χ4n) is 1.97. The molecule has 2 aromatic rings. The highest BCUT2D eigenvalue weighted by molar-refractivity contribution is 6.31. The monoisotopic (exact) mass is 372 g/mol. The first-order chi connectivity index (χ1) is 11.8. The van der Waals surface area contributed by atoms with E-state index in [1.807, 2.05) is 6.92 Å². The van der Waals surface area contributed by atoms with Crippen LogP contribution in [0.1, 0.15) is 24.0 Å². The Kier molecular flexibility index (Phi) is 6.25. The van der Waals surface area contributed by atoms with Crippen molar-refractivity contribution in [2.24, 2.45) is 0 Å². The van der Waals surface area contributed by atoms with E-state index in [9.17, 15) is 18.0 Å². The number of nitrogens with one attached hydrogen (secondary N) is 1. The molecule has 0 atom stereocenters. The third-order valence-electron chi connectivity index (χ3n) is 3.30. The zero-order valence-corrected chi connectivity index (χ0v) is 14.1. The van der Waals surface area contributed by atoms with Gasteiger partial charge < -0.3 is 10.1 Å². The van der Waals surface area contributed by atoms with Crippen LogP contribution in [0.2, 0.25) is 5.02 Å². The lowest BCUT2D eigenvalue weighted by molar-refractivity contribution is -0.137. The minimum Gasteiger partial charge on any atom is -0.494 e. The number of aryl methyl sites for hydroxylation is 1. The standard InChI is InChI=1S/C17H16ClF3N2O2/c1-11-9-13(5-6-14(11)18)25-8-2-3-16(24)23-15-7-4-12(10-22-15)17(19,20)21/h4-7,9-10H,2-3,8H2,1H3,(H,22,23,24). The highest BCUT2D eigenvalue weighted by atomic mass is 35.5. The van der Waals surface area contributed by atoms with E-state index in [2.05, 4.69) is 10.3 Å². The van der Waals surface area contributed by atoms with Crippen LogP contribution in [0.25, 0.3) is 0 Å².